The maximum absolute atomic E-state index is 11.3. The molecule has 0 unspecified atom stereocenters. The number of carboxylic acid groups (broad SMARTS) is 1. The third-order valence-corrected chi connectivity index (χ3v) is 5.33. The van der Waals surface area contributed by atoms with Crippen LogP contribution >= 0.6 is 11.6 Å². The molecule has 1 saturated heterocycles. The molecule has 0 saturated carbocycles. The number of hydrogen-bond donors (Lipinski definition) is 2. The smallest absolute Gasteiger partial charge is 0.337 e. The normalized spacial score (nSPS) is 16.8. The van der Waals surface area contributed by atoms with Crippen molar-refractivity contribution in [2.75, 3.05) is 19.6 Å². The van der Waals surface area contributed by atoms with Crippen molar-refractivity contribution in [1.82, 2.24) is 9.88 Å². The third kappa shape index (κ3) is 3.76. The number of aromatic amines is 1. The Balaban J connectivity index is 1.73. The van der Waals surface area contributed by atoms with Crippen molar-refractivity contribution < 1.29 is 9.90 Å². The van der Waals surface area contributed by atoms with Crippen LogP contribution in [-0.4, -0.2) is 40.6 Å². The SMILES string of the molecule is CCCCN1CCC(Cc2cc(Cl)cc3c(C(=O)O)c[nH]c23)CC1. The van der Waals surface area contributed by atoms with Crippen LogP contribution in [0.15, 0.2) is 18.3 Å². The van der Waals surface area contributed by atoms with Gasteiger partial charge in [0, 0.05) is 22.1 Å². The molecule has 1 aromatic carbocycles. The Hall–Kier alpha value is -1.52. The number of unbranched alkanes of at least 4 members (excludes halogenated alkanes) is 1. The maximum Gasteiger partial charge on any atom is 0.337 e. The van der Waals surface area contributed by atoms with Gasteiger partial charge < -0.3 is 15.0 Å². The highest BCUT2D eigenvalue weighted by Crippen LogP contribution is 2.30. The number of aromatic carboxylic acids is 1. The lowest BCUT2D eigenvalue weighted by atomic mass is 9.89. The molecule has 0 atom stereocenters. The van der Waals surface area contributed by atoms with Crippen molar-refractivity contribution in [1.29, 1.82) is 0 Å². The summed E-state index contributed by atoms with van der Waals surface area (Å²) in [6, 6.07) is 3.73. The highest BCUT2D eigenvalue weighted by molar-refractivity contribution is 6.31. The van der Waals surface area contributed by atoms with Gasteiger partial charge in [0.1, 0.15) is 0 Å². The Morgan fingerprint density at radius 3 is 2.79 bits per heavy atom. The number of carboxylic acids is 1. The minimum Gasteiger partial charge on any atom is -0.478 e. The average molecular weight is 349 g/mol. The zero-order valence-corrected chi connectivity index (χ0v) is 14.9. The van der Waals surface area contributed by atoms with E-state index in [-0.39, 0.29) is 0 Å². The van der Waals surface area contributed by atoms with Crippen molar-refractivity contribution in [3.8, 4) is 0 Å². The van der Waals surface area contributed by atoms with E-state index in [1.165, 1.54) is 45.3 Å². The first-order valence-electron chi connectivity index (χ1n) is 8.83. The van der Waals surface area contributed by atoms with Crippen LogP contribution in [0.3, 0.4) is 0 Å². The van der Waals surface area contributed by atoms with E-state index in [0.29, 0.717) is 21.9 Å². The Bertz CT molecular complexity index is 717. The van der Waals surface area contributed by atoms with Gasteiger partial charge >= 0.3 is 5.97 Å². The second kappa shape index (κ2) is 7.58. The molecule has 4 nitrogen and oxygen atoms in total. The molecule has 0 aliphatic carbocycles. The largest absolute Gasteiger partial charge is 0.478 e. The number of piperidine rings is 1. The number of aromatic nitrogens is 1. The first-order chi connectivity index (χ1) is 11.6. The van der Waals surface area contributed by atoms with Crippen LogP contribution in [0.5, 0.6) is 0 Å². The van der Waals surface area contributed by atoms with E-state index in [9.17, 15) is 9.90 Å². The molecule has 1 aromatic heterocycles. The van der Waals surface area contributed by atoms with Crippen molar-refractivity contribution in [3.63, 3.8) is 0 Å². The molecule has 3 rings (SSSR count). The van der Waals surface area contributed by atoms with Gasteiger partial charge in [0.15, 0.2) is 0 Å². The molecule has 0 bridgehead atoms. The quantitative estimate of drug-likeness (QED) is 0.803. The first-order valence-corrected chi connectivity index (χ1v) is 9.21. The highest BCUT2D eigenvalue weighted by atomic mass is 35.5. The topological polar surface area (TPSA) is 56.3 Å². The van der Waals surface area contributed by atoms with Crippen LogP contribution in [0.25, 0.3) is 10.9 Å². The summed E-state index contributed by atoms with van der Waals surface area (Å²) in [5.74, 6) is -0.278. The number of halogens is 1. The summed E-state index contributed by atoms with van der Waals surface area (Å²) in [7, 11) is 0. The van der Waals surface area contributed by atoms with E-state index in [1.807, 2.05) is 6.07 Å². The van der Waals surface area contributed by atoms with Crippen molar-refractivity contribution in [2.24, 2.45) is 5.92 Å². The van der Waals surface area contributed by atoms with Gasteiger partial charge in [-0.1, -0.05) is 24.9 Å². The van der Waals surface area contributed by atoms with Gasteiger partial charge in [-0.3, -0.25) is 0 Å². The molecule has 0 spiro atoms. The highest BCUT2D eigenvalue weighted by Gasteiger charge is 2.21. The van der Waals surface area contributed by atoms with Gasteiger partial charge in [0.2, 0.25) is 0 Å². The molecule has 0 radical (unpaired) electrons. The summed E-state index contributed by atoms with van der Waals surface area (Å²) >= 11 is 6.24. The summed E-state index contributed by atoms with van der Waals surface area (Å²) < 4.78 is 0. The number of H-pyrrole nitrogens is 1. The number of hydrogen-bond acceptors (Lipinski definition) is 2. The predicted molar refractivity (Wildman–Crippen MR) is 98.0 cm³/mol. The van der Waals surface area contributed by atoms with Crippen molar-refractivity contribution in [2.45, 2.75) is 39.0 Å². The van der Waals surface area contributed by atoms with Gasteiger partial charge in [-0.05, 0) is 68.9 Å². The lowest BCUT2D eigenvalue weighted by Gasteiger charge is -2.32. The Labute approximate surface area is 147 Å². The molecule has 1 aliphatic rings. The number of nitrogens with zero attached hydrogens (tertiary/aromatic N) is 1. The van der Waals surface area contributed by atoms with E-state index in [4.69, 9.17) is 11.6 Å². The third-order valence-electron chi connectivity index (χ3n) is 5.11. The van der Waals surface area contributed by atoms with Crippen molar-refractivity contribution >= 4 is 28.5 Å². The van der Waals surface area contributed by atoms with Crippen LogP contribution in [0.2, 0.25) is 5.02 Å². The van der Waals surface area contributed by atoms with E-state index >= 15 is 0 Å². The van der Waals surface area contributed by atoms with E-state index < -0.39 is 5.97 Å². The summed E-state index contributed by atoms with van der Waals surface area (Å²) in [5, 5.41) is 10.6. The fourth-order valence-corrected chi connectivity index (χ4v) is 3.95. The fourth-order valence-electron chi connectivity index (χ4n) is 3.71. The fraction of sp³-hybridized carbons (Fsp3) is 0.526. The number of nitrogens with one attached hydrogen (secondary N) is 1. The lowest BCUT2D eigenvalue weighted by Crippen LogP contribution is -2.34. The second-order valence-corrected chi connectivity index (χ2v) is 7.27. The lowest BCUT2D eigenvalue weighted by molar-refractivity contribution is 0.0699. The molecule has 5 heteroatoms. The van der Waals surface area contributed by atoms with Crippen molar-refractivity contribution in [3.05, 3.63) is 34.5 Å². The molecule has 0 amide bonds. The van der Waals surface area contributed by atoms with Gasteiger partial charge in [-0.25, -0.2) is 4.79 Å². The molecule has 130 valence electrons. The Kier molecular flexibility index (Phi) is 5.47. The predicted octanol–water partition coefficient (Wildman–Crippen LogP) is 4.57. The van der Waals surface area contributed by atoms with Crippen LogP contribution < -0.4 is 0 Å². The van der Waals surface area contributed by atoms with Crippen LogP contribution in [0.4, 0.5) is 0 Å². The van der Waals surface area contributed by atoms with E-state index in [0.717, 1.165) is 17.5 Å². The standard InChI is InChI=1S/C19H25ClN2O2/c1-2-3-6-22-7-4-13(5-8-22)9-14-10-15(20)11-16-17(19(23)24)12-21-18(14)16/h10-13,21H,2-9H2,1H3,(H,23,24). The molecule has 24 heavy (non-hydrogen) atoms. The molecular weight excluding hydrogens is 324 g/mol. The maximum atomic E-state index is 11.3. The van der Waals surface area contributed by atoms with Gasteiger partial charge in [0.05, 0.1) is 5.56 Å². The molecule has 2 aromatic rings. The summed E-state index contributed by atoms with van der Waals surface area (Å²) in [4.78, 5) is 17.0. The van der Waals surface area contributed by atoms with E-state index in [1.54, 1.807) is 12.3 Å². The molecular formula is C19H25ClN2O2. The number of likely N-dealkylation sites (tertiary alicyclic amines) is 1. The minimum atomic E-state index is -0.918. The molecule has 2 N–H and O–H groups in total. The zero-order valence-electron chi connectivity index (χ0n) is 14.1. The monoisotopic (exact) mass is 348 g/mol. The van der Waals surface area contributed by atoms with E-state index in [2.05, 4.69) is 16.8 Å². The first kappa shape index (κ1) is 17.3. The summed E-state index contributed by atoms with van der Waals surface area (Å²) in [6.07, 6.45) is 7.45. The molecule has 1 aliphatic heterocycles. The number of fused-ring (bicyclic) bond motifs is 1. The summed E-state index contributed by atoms with van der Waals surface area (Å²) in [5.41, 5.74) is 2.35. The van der Waals surface area contributed by atoms with Gasteiger partial charge in [0.25, 0.3) is 0 Å². The van der Waals surface area contributed by atoms with Crippen LogP contribution in [-0.2, 0) is 6.42 Å². The molecule has 2 heterocycles. The van der Waals surface area contributed by atoms with Crippen LogP contribution in [0, 0.1) is 5.92 Å². The number of benzene rings is 1. The Morgan fingerprint density at radius 2 is 2.12 bits per heavy atom. The van der Waals surface area contributed by atoms with Crippen LogP contribution in [0.1, 0.15) is 48.5 Å². The Morgan fingerprint density at radius 1 is 1.38 bits per heavy atom. The second-order valence-electron chi connectivity index (χ2n) is 6.84. The molecule has 1 fully saturated rings. The average Bonchev–Trinajstić information content (AvgIpc) is 2.98. The number of carbonyl (C=O) groups is 1. The number of rotatable bonds is 6. The van der Waals surface area contributed by atoms with Gasteiger partial charge in [-0.15, -0.1) is 0 Å². The van der Waals surface area contributed by atoms with Gasteiger partial charge in [-0.2, -0.15) is 0 Å². The zero-order chi connectivity index (χ0) is 17.1. The summed E-state index contributed by atoms with van der Waals surface area (Å²) in [6.45, 7) is 5.78. The minimum absolute atomic E-state index is 0.295.